The average molecular weight is 185 g/mol. The van der Waals surface area contributed by atoms with E-state index >= 15 is 0 Å². The van der Waals surface area contributed by atoms with E-state index in [4.69, 9.17) is 4.84 Å². The van der Waals surface area contributed by atoms with Crippen LogP contribution in [0.3, 0.4) is 0 Å². The zero-order valence-corrected chi connectivity index (χ0v) is 9.09. The molecule has 0 aromatic heterocycles. The Bertz CT molecular complexity index is 113. The van der Waals surface area contributed by atoms with Gasteiger partial charge in [-0.25, -0.2) is 0 Å². The predicted molar refractivity (Wildman–Crippen MR) is 58.1 cm³/mol. The number of hydrogen-bond acceptors (Lipinski definition) is 2. The quantitative estimate of drug-likeness (QED) is 0.304. The summed E-state index contributed by atoms with van der Waals surface area (Å²) in [7, 11) is 0. The zero-order valence-electron chi connectivity index (χ0n) is 9.09. The van der Waals surface area contributed by atoms with Crippen molar-refractivity contribution in [1.82, 2.24) is 0 Å². The van der Waals surface area contributed by atoms with Crippen molar-refractivity contribution in [2.24, 2.45) is 5.16 Å². The summed E-state index contributed by atoms with van der Waals surface area (Å²) in [6.07, 6.45) is 10.4. The smallest absolute Gasteiger partial charge is 0.117 e. The van der Waals surface area contributed by atoms with Gasteiger partial charge in [0.1, 0.15) is 6.61 Å². The fourth-order valence-corrected chi connectivity index (χ4v) is 1.06. The first-order chi connectivity index (χ1) is 6.41. The van der Waals surface area contributed by atoms with Gasteiger partial charge in [0.15, 0.2) is 0 Å². The van der Waals surface area contributed by atoms with Crippen molar-refractivity contribution in [2.75, 3.05) is 6.61 Å². The maximum absolute atomic E-state index is 5.09. The van der Waals surface area contributed by atoms with Gasteiger partial charge < -0.3 is 4.84 Å². The van der Waals surface area contributed by atoms with Crippen LogP contribution in [0.15, 0.2) is 5.16 Å². The van der Waals surface area contributed by atoms with Crippen LogP contribution < -0.4 is 0 Å². The van der Waals surface area contributed by atoms with Gasteiger partial charge in [-0.05, 0) is 19.3 Å². The molecule has 0 aromatic rings. The minimum Gasteiger partial charge on any atom is -0.396 e. The van der Waals surface area contributed by atoms with Crippen molar-refractivity contribution < 1.29 is 4.84 Å². The zero-order chi connectivity index (χ0) is 9.78. The number of rotatable bonds is 9. The lowest BCUT2D eigenvalue weighted by Crippen LogP contribution is -1.88. The summed E-state index contributed by atoms with van der Waals surface area (Å²) in [5.41, 5.74) is 0. The molecule has 0 unspecified atom stereocenters. The van der Waals surface area contributed by atoms with Crippen molar-refractivity contribution >= 4 is 6.21 Å². The highest BCUT2D eigenvalue weighted by Gasteiger charge is 1.85. The summed E-state index contributed by atoms with van der Waals surface area (Å²) in [5, 5.41) is 3.89. The van der Waals surface area contributed by atoms with Crippen molar-refractivity contribution in [3.63, 3.8) is 0 Å². The number of unbranched alkanes of at least 4 members (excludes halogenated alkanes) is 5. The molecule has 0 saturated carbocycles. The molecule has 0 aliphatic rings. The van der Waals surface area contributed by atoms with E-state index in [-0.39, 0.29) is 0 Å². The van der Waals surface area contributed by atoms with E-state index in [9.17, 15) is 0 Å². The molecular weight excluding hydrogens is 162 g/mol. The van der Waals surface area contributed by atoms with Crippen LogP contribution in [0.4, 0.5) is 0 Å². The van der Waals surface area contributed by atoms with Crippen LogP contribution in [0.5, 0.6) is 0 Å². The fourth-order valence-electron chi connectivity index (χ4n) is 1.06. The second kappa shape index (κ2) is 11.5. The molecule has 0 rings (SSSR count). The molecule has 78 valence electrons. The molecule has 0 radical (unpaired) electrons. The van der Waals surface area contributed by atoms with Crippen LogP contribution >= 0.6 is 0 Å². The van der Waals surface area contributed by atoms with Gasteiger partial charge in [-0.1, -0.05) is 44.7 Å². The van der Waals surface area contributed by atoms with Crippen molar-refractivity contribution in [3.8, 4) is 0 Å². The maximum Gasteiger partial charge on any atom is 0.117 e. The molecule has 0 N–H and O–H groups in total. The van der Waals surface area contributed by atoms with E-state index < -0.39 is 0 Å². The standard InChI is InChI=1S/C11H23NO/c1-3-5-7-8-10-12-13-11-9-6-4-2/h10H,3-9,11H2,1-2H3. The van der Waals surface area contributed by atoms with Crippen LogP contribution in [0, 0.1) is 0 Å². The summed E-state index contributed by atoms with van der Waals surface area (Å²) < 4.78 is 0. The average Bonchev–Trinajstić information content (AvgIpc) is 2.16. The normalized spacial score (nSPS) is 10.9. The topological polar surface area (TPSA) is 21.6 Å². The van der Waals surface area contributed by atoms with Gasteiger partial charge in [-0.2, -0.15) is 0 Å². The second-order valence-electron chi connectivity index (χ2n) is 3.32. The SMILES string of the molecule is CCCCCC=NOCCCCC. The summed E-state index contributed by atoms with van der Waals surface area (Å²) in [6.45, 7) is 5.17. The molecule has 0 aliphatic heterocycles. The second-order valence-corrected chi connectivity index (χ2v) is 3.32. The first-order valence-electron chi connectivity index (χ1n) is 5.55. The number of nitrogens with zero attached hydrogens (tertiary/aromatic N) is 1. The highest BCUT2D eigenvalue weighted by molar-refractivity contribution is 5.56. The Morgan fingerprint density at radius 2 is 1.69 bits per heavy atom. The Balaban J connectivity index is 2.95. The van der Waals surface area contributed by atoms with Gasteiger partial charge in [0.05, 0.1) is 0 Å². The molecular formula is C11H23NO. The molecule has 0 atom stereocenters. The molecule has 0 heterocycles. The van der Waals surface area contributed by atoms with Crippen LogP contribution in [0.1, 0.15) is 58.8 Å². The predicted octanol–water partition coefficient (Wildman–Crippen LogP) is 3.76. The monoisotopic (exact) mass is 185 g/mol. The number of oxime groups is 1. The van der Waals surface area contributed by atoms with Gasteiger partial charge in [0, 0.05) is 6.21 Å². The van der Waals surface area contributed by atoms with Crippen LogP contribution in [0.2, 0.25) is 0 Å². The Labute approximate surface area is 82.4 Å². The summed E-state index contributed by atoms with van der Waals surface area (Å²) in [4.78, 5) is 5.09. The molecule has 0 aliphatic carbocycles. The Morgan fingerprint density at radius 3 is 2.38 bits per heavy atom. The first-order valence-corrected chi connectivity index (χ1v) is 5.55. The Hall–Kier alpha value is -0.530. The fraction of sp³-hybridized carbons (Fsp3) is 0.909. The highest BCUT2D eigenvalue weighted by atomic mass is 16.6. The largest absolute Gasteiger partial charge is 0.396 e. The third-order valence-electron chi connectivity index (χ3n) is 1.93. The molecule has 2 heteroatoms. The minimum atomic E-state index is 0.776. The van der Waals surface area contributed by atoms with Crippen molar-refractivity contribution in [1.29, 1.82) is 0 Å². The minimum absolute atomic E-state index is 0.776. The highest BCUT2D eigenvalue weighted by Crippen LogP contribution is 1.97. The van der Waals surface area contributed by atoms with Gasteiger partial charge >= 0.3 is 0 Å². The lowest BCUT2D eigenvalue weighted by Gasteiger charge is -1.96. The van der Waals surface area contributed by atoms with E-state index in [0.29, 0.717) is 0 Å². The first kappa shape index (κ1) is 12.5. The molecule has 0 amide bonds. The van der Waals surface area contributed by atoms with Crippen molar-refractivity contribution in [3.05, 3.63) is 0 Å². The molecule has 0 saturated heterocycles. The van der Waals surface area contributed by atoms with Gasteiger partial charge in [-0.3, -0.25) is 0 Å². The molecule has 0 aromatic carbocycles. The van der Waals surface area contributed by atoms with Crippen LogP contribution in [-0.4, -0.2) is 12.8 Å². The molecule has 0 fully saturated rings. The van der Waals surface area contributed by atoms with E-state index in [1.165, 1.54) is 32.1 Å². The summed E-state index contributed by atoms with van der Waals surface area (Å²) in [5.74, 6) is 0. The van der Waals surface area contributed by atoms with E-state index in [1.54, 1.807) is 0 Å². The lowest BCUT2D eigenvalue weighted by atomic mass is 10.2. The molecule has 0 spiro atoms. The Kier molecular flexibility index (Phi) is 11.0. The maximum atomic E-state index is 5.09. The molecule has 0 bridgehead atoms. The third kappa shape index (κ3) is 11.5. The summed E-state index contributed by atoms with van der Waals surface area (Å²) >= 11 is 0. The van der Waals surface area contributed by atoms with E-state index in [1.807, 2.05) is 6.21 Å². The van der Waals surface area contributed by atoms with Crippen molar-refractivity contribution in [2.45, 2.75) is 58.8 Å². The van der Waals surface area contributed by atoms with Gasteiger partial charge in [-0.15, -0.1) is 0 Å². The summed E-state index contributed by atoms with van der Waals surface area (Å²) in [6, 6.07) is 0. The lowest BCUT2D eigenvalue weighted by molar-refractivity contribution is 0.141. The number of hydrogen-bond donors (Lipinski definition) is 0. The van der Waals surface area contributed by atoms with E-state index in [2.05, 4.69) is 19.0 Å². The molecule has 2 nitrogen and oxygen atoms in total. The van der Waals surface area contributed by atoms with Crippen LogP contribution in [-0.2, 0) is 4.84 Å². The third-order valence-corrected chi connectivity index (χ3v) is 1.93. The molecule has 13 heavy (non-hydrogen) atoms. The van der Waals surface area contributed by atoms with E-state index in [0.717, 1.165) is 19.4 Å². The van der Waals surface area contributed by atoms with Gasteiger partial charge in [0.2, 0.25) is 0 Å². The Morgan fingerprint density at radius 1 is 1.00 bits per heavy atom. The van der Waals surface area contributed by atoms with Gasteiger partial charge in [0.25, 0.3) is 0 Å². The van der Waals surface area contributed by atoms with Crippen LogP contribution in [0.25, 0.3) is 0 Å².